The van der Waals surface area contributed by atoms with Crippen LogP contribution in [0.15, 0.2) is 23.8 Å². The van der Waals surface area contributed by atoms with Gasteiger partial charge in [-0.05, 0) is 6.07 Å². The predicted molar refractivity (Wildman–Crippen MR) is 85.4 cm³/mol. The standard InChI is InChI=1S/C14H14N6O3S/c21-10-7-20(5-4-15-10)11(22)6-9-8-24-14(18-9)19-13(23)12-16-2-1-3-17-12/h1-3,8H,4-7H2,(H,15,21)(H,18,19,23). The molecule has 2 N–H and O–H groups in total. The number of carbonyl (C=O) groups excluding carboxylic acids is 3. The van der Waals surface area contributed by atoms with Gasteiger partial charge in [0.2, 0.25) is 17.6 Å². The number of carbonyl (C=O) groups is 3. The van der Waals surface area contributed by atoms with Gasteiger partial charge in [0.1, 0.15) is 0 Å². The highest BCUT2D eigenvalue weighted by Gasteiger charge is 2.22. The van der Waals surface area contributed by atoms with Gasteiger partial charge in [-0.3, -0.25) is 19.7 Å². The highest BCUT2D eigenvalue weighted by Crippen LogP contribution is 2.17. The average molecular weight is 346 g/mol. The maximum atomic E-state index is 12.2. The zero-order valence-corrected chi connectivity index (χ0v) is 13.4. The number of nitrogens with zero attached hydrogens (tertiary/aromatic N) is 4. The van der Waals surface area contributed by atoms with E-state index >= 15 is 0 Å². The summed E-state index contributed by atoms with van der Waals surface area (Å²) < 4.78 is 0. The Morgan fingerprint density at radius 1 is 1.33 bits per heavy atom. The number of rotatable bonds is 4. The Bertz CT molecular complexity index is 763. The Morgan fingerprint density at radius 2 is 2.12 bits per heavy atom. The minimum absolute atomic E-state index is 0.0460. The molecule has 3 rings (SSSR count). The van der Waals surface area contributed by atoms with Crippen molar-refractivity contribution in [2.75, 3.05) is 25.0 Å². The third kappa shape index (κ3) is 3.90. The van der Waals surface area contributed by atoms with E-state index in [0.717, 1.165) is 0 Å². The van der Waals surface area contributed by atoms with E-state index < -0.39 is 5.91 Å². The van der Waals surface area contributed by atoms with Crippen molar-refractivity contribution in [2.24, 2.45) is 0 Å². The molecule has 1 fully saturated rings. The minimum Gasteiger partial charge on any atom is -0.353 e. The van der Waals surface area contributed by atoms with Crippen LogP contribution < -0.4 is 10.6 Å². The van der Waals surface area contributed by atoms with Crippen molar-refractivity contribution in [3.8, 4) is 0 Å². The number of nitrogens with one attached hydrogen (secondary N) is 2. The lowest BCUT2D eigenvalue weighted by molar-refractivity contribution is -0.137. The van der Waals surface area contributed by atoms with Gasteiger partial charge in [0.25, 0.3) is 5.91 Å². The van der Waals surface area contributed by atoms with Crippen molar-refractivity contribution in [2.45, 2.75) is 6.42 Å². The molecule has 0 atom stereocenters. The van der Waals surface area contributed by atoms with E-state index in [1.807, 2.05) is 0 Å². The van der Waals surface area contributed by atoms with Crippen molar-refractivity contribution in [1.29, 1.82) is 0 Å². The van der Waals surface area contributed by atoms with Gasteiger partial charge in [0.15, 0.2) is 5.13 Å². The van der Waals surface area contributed by atoms with Crippen LogP contribution in [0.3, 0.4) is 0 Å². The van der Waals surface area contributed by atoms with Gasteiger partial charge >= 0.3 is 0 Å². The summed E-state index contributed by atoms with van der Waals surface area (Å²) >= 11 is 1.21. The van der Waals surface area contributed by atoms with Crippen LogP contribution >= 0.6 is 11.3 Å². The Kier molecular flexibility index (Phi) is 4.75. The van der Waals surface area contributed by atoms with Gasteiger partial charge in [-0.2, -0.15) is 0 Å². The lowest BCUT2D eigenvalue weighted by Crippen LogP contribution is -2.50. The fraction of sp³-hybridized carbons (Fsp3) is 0.286. The van der Waals surface area contributed by atoms with E-state index in [2.05, 4.69) is 25.6 Å². The molecule has 1 aliphatic heterocycles. The summed E-state index contributed by atoms with van der Waals surface area (Å²) in [5.74, 6) is -0.747. The summed E-state index contributed by atoms with van der Waals surface area (Å²) in [7, 11) is 0. The van der Waals surface area contributed by atoms with E-state index in [1.165, 1.54) is 28.6 Å². The SMILES string of the molecule is O=C1CN(C(=O)Cc2csc(NC(=O)c3ncccn3)n2)CCN1. The molecule has 0 radical (unpaired) electrons. The number of aromatic nitrogens is 3. The fourth-order valence-electron chi connectivity index (χ4n) is 2.13. The first-order valence-electron chi connectivity index (χ1n) is 7.19. The van der Waals surface area contributed by atoms with Crippen LogP contribution in [0.1, 0.15) is 16.3 Å². The van der Waals surface area contributed by atoms with E-state index in [0.29, 0.717) is 23.9 Å². The zero-order valence-electron chi connectivity index (χ0n) is 12.6. The number of amides is 3. The number of thiazole rings is 1. The molecule has 3 heterocycles. The zero-order chi connectivity index (χ0) is 16.9. The van der Waals surface area contributed by atoms with E-state index in [-0.39, 0.29) is 30.6 Å². The molecule has 1 aliphatic rings. The van der Waals surface area contributed by atoms with Gasteiger partial charge < -0.3 is 10.2 Å². The van der Waals surface area contributed by atoms with Crippen LogP contribution in [-0.4, -0.2) is 57.2 Å². The van der Waals surface area contributed by atoms with E-state index in [9.17, 15) is 14.4 Å². The predicted octanol–water partition coefficient (Wildman–Crippen LogP) is -0.314. The van der Waals surface area contributed by atoms with Gasteiger partial charge in [-0.25, -0.2) is 15.0 Å². The second-order valence-corrected chi connectivity index (χ2v) is 5.87. The molecule has 0 aromatic carbocycles. The fourth-order valence-corrected chi connectivity index (χ4v) is 2.84. The van der Waals surface area contributed by atoms with Crippen LogP contribution in [0, 0.1) is 0 Å². The topological polar surface area (TPSA) is 117 Å². The van der Waals surface area contributed by atoms with Gasteiger partial charge in [-0.15, -0.1) is 11.3 Å². The highest BCUT2D eigenvalue weighted by atomic mass is 32.1. The monoisotopic (exact) mass is 346 g/mol. The van der Waals surface area contributed by atoms with Crippen LogP contribution in [-0.2, 0) is 16.0 Å². The van der Waals surface area contributed by atoms with Crippen molar-refractivity contribution < 1.29 is 14.4 Å². The Morgan fingerprint density at radius 3 is 2.88 bits per heavy atom. The van der Waals surface area contributed by atoms with Crippen molar-refractivity contribution in [1.82, 2.24) is 25.2 Å². The molecule has 0 spiro atoms. The second-order valence-electron chi connectivity index (χ2n) is 5.01. The molecule has 124 valence electrons. The molecule has 10 heteroatoms. The molecule has 1 saturated heterocycles. The molecule has 0 aliphatic carbocycles. The summed E-state index contributed by atoms with van der Waals surface area (Å²) in [5.41, 5.74) is 0.542. The number of hydrogen-bond acceptors (Lipinski definition) is 7. The first kappa shape index (κ1) is 16.0. The van der Waals surface area contributed by atoms with E-state index in [4.69, 9.17) is 0 Å². The van der Waals surface area contributed by atoms with Crippen LogP contribution in [0.4, 0.5) is 5.13 Å². The third-order valence-corrected chi connectivity index (χ3v) is 4.07. The van der Waals surface area contributed by atoms with Gasteiger partial charge in [0, 0.05) is 30.9 Å². The molecule has 9 nitrogen and oxygen atoms in total. The van der Waals surface area contributed by atoms with E-state index in [1.54, 1.807) is 11.4 Å². The maximum Gasteiger partial charge on any atom is 0.295 e. The molecule has 24 heavy (non-hydrogen) atoms. The number of anilines is 1. The van der Waals surface area contributed by atoms with Crippen LogP contribution in [0.25, 0.3) is 0 Å². The molecule has 0 unspecified atom stereocenters. The van der Waals surface area contributed by atoms with Gasteiger partial charge in [-0.1, -0.05) is 0 Å². The van der Waals surface area contributed by atoms with Crippen LogP contribution in [0.2, 0.25) is 0 Å². The molecule has 0 saturated carbocycles. The summed E-state index contributed by atoms with van der Waals surface area (Å²) in [6.07, 6.45) is 3.03. The first-order chi connectivity index (χ1) is 11.6. The molecular weight excluding hydrogens is 332 g/mol. The Hall–Kier alpha value is -2.88. The van der Waals surface area contributed by atoms with Crippen molar-refractivity contribution in [3.63, 3.8) is 0 Å². The lowest BCUT2D eigenvalue weighted by atomic mass is 10.2. The summed E-state index contributed by atoms with van der Waals surface area (Å²) in [6, 6.07) is 1.62. The number of hydrogen-bond donors (Lipinski definition) is 2. The normalized spacial score (nSPS) is 14.2. The average Bonchev–Trinajstić information content (AvgIpc) is 3.02. The molecular formula is C14H14N6O3S. The van der Waals surface area contributed by atoms with Gasteiger partial charge in [0.05, 0.1) is 18.7 Å². The molecule has 3 amide bonds. The summed E-state index contributed by atoms with van der Waals surface area (Å²) in [6.45, 7) is 1.02. The molecule has 0 bridgehead atoms. The lowest BCUT2D eigenvalue weighted by Gasteiger charge is -2.26. The Balaban J connectivity index is 1.58. The second kappa shape index (κ2) is 7.13. The van der Waals surface area contributed by atoms with Crippen LogP contribution in [0.5, 0.6) is 0 Å². The Labute approximate surface area is 141 Å². The minimum atomic E-state index is -0.462. The quantitative estimate of drug-likeness (QED) is 0.784. The highest BCUT2D eigenvalue weighted by molar-refractivity contribution is 7.14. The summed E-state index contributed by atoms with van der Waals surface area (Å²) in [5, 5.41) is 7.32. The summed E-state index contributed by atoms with van der Waals surface area (Å²) in [4.78, 5) is 48.8. The largest absolute Gasteiger partial charge is 0.353 e. The third-order valence-electron chi connectivity index (χ3n) is 3.26. The first-order valence-corrected chi connectivity index (χ1v) is 8.07. The maximum absolute atomic E-state index is 12.2. The molecule has 2 aromatic rings. The smallest absolute Gasteiger partial charge is 0.295 e. The van der Waals surface area contributed by atoms with Crippen molar-refractivity contribution in [3.05, 3.63) is 35.4 Å². The molecule has 2 aromatic heterocycles. The number of piperazine rings is 1. The van der Waals surface area contributed by atoms with Crippen molar-refractivity contribution >= 4 is 34.2 Å².